The fourth-order valence-corrected chi connectivity index (χ4v) is 2.28. The van der Waals surface area contributed by atoms with Gasteiger partial charge in [0.25, 0.3) is 0 Å². The summed E-state index contributed by atoms with van der Waals surface area (Å²) in [6.45, 7) is 3.33. The zero-order chi connectivity index (χ0) is 13.1. The van der Waals surface area contributed by atoms with E-state index in [1.165, 1.54) is 19.4 Å². The number of aromatic nitrogens is 2. The molecule has 0 spiro atoms. The number of sulfonamides is 1. The van der Waals surface area contributed by atoms with E-state index >= 15 is 0 Å². The van der Waals surface area contributed by atoms with E-state index in [1.807, 2.05) is 0 Å². The third-order valence-corrected chi connectivity index (χ3v) is 3.70. The van der Waals surface area contributed by atoms with Crippen LogP contribution in [0.5, 0.6) is 0 Å². The number of H-pyrrole nitrogens is 1. The monoisotopic (exact) mass is 260 g/mol. The lowest BCUT2D eigenvalue weighted by molar-refractivity contribution is -0.128. The molecule has 0 unspecified atom stereocenters. The first-order chi connectivity index (χ1) is 7.79. The fourth-order valence-electron chi connectivity index (χ4n) is 1.16. The number of carbonyl (C=O) groups excluding carboxylic acids is 1. The van der Waals surface area contributed by atoms with Crippen LogP contribution in [0.2, 0.25) is 0 Å². The predicted octanol–water partition coefficient (Wildman–Crippen LogP) is -0.540. The van der Waals surface area contributed by atoms with Gasteiger partial charge in [0.1, 0.15) is 4.90 Å². The van der Waals surface area contributed by atoms with Gasteiger partial charge in [0.05, 0.1) is 11.6 Å². The van der Waals surface area contributed by atoms with Crippen molar-refractivity contribution >= 4 is 15.9 Å². The van der Waals surface area contributed by atoms with E-state index in [2.05, 4.69) is 20.2 Å². The Balaban J connectivity index is 2.72. The highest BCUT2D eigenvalue weighted by molar-refractivity contribution is 7.89. The molecule has 0 bridgehead atoms. The Morgan fingerprint density at radius 3 is 2.65 bits per heavy atom. The van der Waals surface area contributed by atoms with Gasteiger partial charge in [-0.15, -0.1) is 0 Å². The molecule has 96 valence electrons. The predicted molar refractivity (Wildman–Crippen MR) is 61.6 cm³/mol. The number of nitrogens with one attached hydrogen (secondary N) is 3. The van der Waals surface area contributed by atoms with Gasteiger partial charge >= 0.3 is 0 Å². The summed E-state index contributed by atoms with van der Waals surface area (Å²) < 4.78 is 25.9. The van der Waals surface area contributed by atoms with Crippen molar-refractivity contribution in [1.29, 1.82) is 0 Å². The van der Waals surface area contributed by atoms with Gasteiger partial charge in [-0.05, 0) is 13.8 Å². The smallest absolute Gasteiger partial charge is 0.243 e. The van der Waals surface area contributed by atoms with Crippen molar-refractivity contribution in [2.45, 2.75) is 18.7 Å². The van der Waals surface area contributed by atoms with Gasteiger partial charge in [-0.2, -0.15) is 5.10 Å². The molecule has 3 N–H and O–H groups in total. The summed E-state index contributed by atoms with van der Waals surface area (Å²) in [5.41, 5.74) is -0.814. The Morgan fingerprint density at radius 2 is 2.18 bits per heavy atom. The molecule has 0 aliphatic carbocycles. The maximum atomic E-state index is 11.7. The minimum atomic E-state index is -3.62. The second-order valence-electron chi connectivity index (χ2n) is 4.22. The highest BCUT2D eigenvalue weighted by atomic mass is 32.2. The van der Waals surface area contributed by atoms with Gasteiger partial charge in [-0.25, -0.2) is 13.1 Å². The number of hydrogen-bond donors (Lipinski definition) is 3. The van der Waals surface area contributed by atoms with E-state index in [0.717, 1.165) is 0 Å². The minimum Gasteiger partial charge on any atom is -0.359 e. The summed E-state index contributed by atoms with van der Waals surface area (Å²) >= 11 is 0. The van der Waals surface area contributed by atoms with Crippen LogP contribution in [0, 0.1) is 5.41 Å². The number of hydrogen-bond acceptors (Lipinski definition) is 4. The molecule has 1 amide bonds. The van der Waals surface area contributed by atoms with Crippen molar-refractivity contribution < 1.29 is 13.2 Å². The fraction of sp³-hybridized carbons (Fsp3) is 0.556. The molecule has 7 nitrogen and oxygen atoms in total. The summed E-state index contributed by atoms with van der Waals surface area (Å²) in [6.07, 6.45) is 2.48. The third-order valence-electron chi connectivity index (χ3n) is 2.33. The van der Waals surface area contributed by atoms with Gasteiger partial charge in [0.15, 0.2) is 0 Å². The van der Waals surface area contributed by atoms with Crippen LogP contribution in [0.15, 0.2) is 17.3 Å². The lowest BCUT2D eigenvalue weighted by Gasteiger charge is -2.22. The van der Waals surface area contributed by atoms with E-state index in [4.69, 9.17) is 0 Å². The number of nitrogens with zero attached hydrogens (tertiary/aromatic N) is 1. The third kappa shape index (κ3) is 3.27. The summed E-state index contributed by atoms with van der Waals surface area (Å²) in [5.74, 6) is -0.229. The average Bonchev–Trinajstić information content (AvgIpc) is 2.79. The maximum absolute atomic E-state index is 11.7. The molecule has 8 heteroatoms. The first kappa shape index (κ1) is 13.7. The van der Waals surface area contributed by atoms with E-state index in [0.29, 0.717) is 0 Å². The molecule has 17 heavy (non-hydrogen) atoms. The zero-order valence-electron chi connectivity index (χ0n) is 9.94. The molecule has 0 aromatic carbocycles. The van der Waals surface area contributed by atoms with Gasteiger partial charge < -0.3 is 5.32 Å². The van der Waals surface area contributed by atoms with Crippen LogP contribution in [0.4, 0.5) is 0 Å². The summed E-state index contributed by atoms with van der Waals surface area (Å²) in [4.78, 5) is 11.5. The Hall–Kier alpha value is -1.41. The second-order valence-corrected chi connectivity index (χ2v) is 5.99. The molecule has 0 radical (unpaired) electrons. The average molecular weight is 260 g/mol. The van der Waals surface area contributed by atoms with Crippen LogP contribution in [0.25, 0.3) is 0 Å². The standard InChI is InChI=1S/C9H16N4O3S/c1-9(2,8(14)10-3)6-13-17(15,16)7-4-11-12-5-7/h4-5,13H,6H2,1-3H3,(H,10,14)(H,11,12). The first-order valence-corrected chi connectivity index (χ1v) is 6.48. The van der Waals surface area contributed by atoms with Crippen LogP contribution in [0.1, 0.15) is 13.8 Å². The molecule has 0 aliphatic rings. The van der Waals surface area contributed by atoms with E-state index in [9.17, 15) is 13.2 Å². The Kier molecular flexibility index (Phi) is 3.89. The van der Waals surface area contributed by atoms with Gasteiger partial charge in [-0.3, -0.25) is 9.89 Å². The van der Waals surface area contributed by atoms with Crippen LogP contribution in [0.3, 0.4) is 0 Å². The van der Waals surface area contributed by atoms with Crippen molar-refractivity contribution in [2.24, 2.45) is 5.41 Å². The van der Waals surface area contributed by atoms with Gasteiger partial charge in [0, 0.05) is 19.8 Å². The SMILES string of the molecule is CNC(=O)C(C)(C)CNS(=O)(=O)c1cn[nH]c1. The van der Waals surface area contributed by atoms with Gasteiger partial charge in [0.2, 0.25) is 15.9 Å². The largest absolute Gasteiger partial charge is 0.359 e. The first-order valence-electron chi connectivity index (χ1n) is 5.00. The van der Waals surface area contributed by atoms with Crippen LogP contribution in [-0.2, 0) is 14.8 Å². The molecule has 1 heterocycles. The van der Waals surface area contributed by atoms with Crippen molar-refractivity contribution in [1.82, 2.24) is 20.2 Å². The Labute approximate surface area is 100 Å². The van der Waals surface area contributed by atoms with E-state index < -0.39 is 15.4 Å². The molecule has 1 rings (SSSR count). The summed E-state index contributed by atoms with van der Waals surface area (Å²) in [7, 11) is -2.11. The van der Waals surface area contributed by atoms with Crippen molar-refractivity contribution in [3.8, 4) is 0 Å². The maximum Gasteiger partial charge on any atom is 0.243 e. The number of aromatic amines is 1. The summed E-state index contributed by atoms with van der Waals surface area (Å²) in [6, 6.07) is 0. The molecular formula is C9H16N4O3S. The molecule has 0 fully saturated rings. The molecule has 1 aromatic heterocycles. The second kappa shape index (κ2) is 4.84. The Morgan fingerprint density at radius 1 is 1.53 bits per heavy atom. The van der Waals surface area contributed by atoms with Crippen LogP contribution < -0.4 is 10.0 Å². The molecule has 0 saturated heterocycles. The quantitative estimate of drug-likeness (QED) is 0.661. The normalized spacial score (nSPS) is 12.4. The molecular weight excluding hydrogens is 244 g/mol. The van der Waals surface area contributed by atoms with Crippen molar-refractivity contribution in [2.75, 3.05) is 13.6 Å². The lowest BCUT2D eigenvalue weighted by Crippen LogP contribution is -2.43. The lowest BCUT2D eigenvalue weighted by atomic mass is 9.93. The highest BCUT2D eigenvalue weighted by Crippen LogP contribution is 2.15. The topological polar surface area (TPSA) is 104 Å². The Bertz CT molecular complexity index is 478. The minimum absolute atomic E-state index is 0.0141. The van der Waals surface area contributed by atoms with Crippen LogP contribution >= 0.6 is 0 Å². The van der Waals surface area contributed by atoms with Crippen molar-refractivity contribution in [3.63, 3.8) is 0 Å². The number of rotatable bonds is 5. The van der Waals surface area contributed by atoms with E-state index in [-0.39, 0.29) is 17.3 Å². The van der Waals surface area contributed by atoms with E-state index in [1.54, 1.807) is 13.8 Å². The molecule has 0 atom stereocenters. The molecule has 1 aromatic rings. The number of carbonyl (C=O) groups is 1. The summed E-state index contributed by atoms with van der Waals surface area (Å²) in [5, 5.41) is 8.46. The van der Waals surface area contributed by atoms with Crippen molar-refractivity contribution in [3.05, 3.63) is 12.4 Å². The molecule has 0 saturated carbocycles. The van der Waals surface area contributed by atoms with Gasteiger partial charge in [-0.1, -0.05) is 0 Å². The van der Waals surface area contributed by atoms with Crippen LogP contribution in [-0.4, -0.2) is 38.1 Å². The molecule has 0 aliphatic heterocycles. The zero-order valence-corrected chi connectivity index (χ0v) is 10.8. The highest BCUT2D eigenvalue weighted by Gasteiger charge is 2.29. The number of amides is 1.